The summed E-state index contributed by atoms with van der Waals surface area (Å²) in [6, 6.07) is 10.4. The SMILES string of the molecule is Cc1cc(C#N)cc(Oc2c(C(F)(F)F)ncn(Cc3cc(-c4ccc(Cl)cn4)c(=O)[nH]n3)c2=O)c1. The minimum atomic E-state index is -4.99. The molecular formula is C23H14ClF3N6O3. The molecule has 0 radical (unpaired) electrons. The molecule has 0 saturated heterocycles. The minimum absolute atomic E-state index is 0.116. The van der Waals surface area contributed by atoms with Crippen LogP contribution in [0.4, 0.5) is 13.2 Å². The van der Waals surface area contributed by atoms with E-state index >= 15 is 0 Å². The summed E-state index contributed by atoms with van der Waals surface area (Å²) in [5.41, 5.74) is -2.02. The van der Waals surface area contributed by atoms with Gasteiger partial charge >= 0.3 is 6.18 Å². The molecule has 0 aliphatic carbocycles. The van der Waals surface area contributed by atoms with Crippen molar-refractivity contribution in [3.8, 4) is 28.8 Å². The molecule has 0 aliphatic heterocycles. The second kappa shape index (κ2) is 9.63. The Hall–Kier alpha value is -4.50. The predicted molar refractivity (Wildman–Crippen MR) is 122 cm³/mol. The van der Waals surface area contributed by atoms with E-state index in [0.717, 1.165) is 4.57 Å². The van der Waals surface area contributed by atoms with Crippen molar-refractivity contribution in [3.05, 3.63) is 97.2 Å². The highest BCUT2D eigenvalue weighted by molar-refractivity contribution is 6.30. The van der Waals surface area contributed by atoms with Gasteiger partial charge in [0.15, 0.2) is 5.69 Å². The summed E-state index contributed by atoms with van der Waals surface area (Å²) in [6.07, 6.45) is -2.94. The van der Waals surface area contributed by atoms with E-state index in [1.54, 1.807) is 6.92 Å². The number of aromatic nitrogens is 5. The van der Waals surface area contributed by atoms with E-state index < -0.39 is 28.7 Å². The average molecular weight is 515 g/mol. The number of nitrogens with one attached hydrogen (secondary N) is 1. The highest BCUT2D eigenvalue weighted by atomic mass is 35.5. The number of nitrogens with zero attached hydrogens (tertiary/aromatic N) is 5. The number of benzene rings is 1. The summed E-state index contributed by atoms with van der Waals surface area (Å²) in [6.45, 7) is 1.28. The summed E-state index contributed by atoms with van der Waals surface area (Å²) in [5, 5.41) is 15.6. The Balaban J connectivity index is 1.76. The number of pyridine rings is 1. The topological polar surface area (TPSA) is 127 Å². The van der Waals surface area contributed by atoms with E-state index in [1.165, 1.54) is 42.6 Å². The van der Waals surface area contributed by atoms with Crippen LogP contribution >= 0.6 is 11.6 Å². The van der Waals surface area contributed by atoms with Gasteiger partial charge in [-0.05, 0) is 48.9 Å². The third-order valence-corrected chi connectivity index (χ3v) is 5.08. The van der Waals surface area contributed by atoms with E-state index in [-0.39, 0.29) is 34.8 Å². The van der Waals surface area contributed by atoms with Crippen molar-refractivity contribution >= 4 is 11.6 Å². The quantitative estimate of drug-likeness (QED) is 0.425. The van der Waals surface area contributed by atoms with Crippen molar-refractivity contribution in [1.82, 2.24) is 24.7 Å². The first kappa shape index (κ1) is 24.6. The van der Waals surface area contributed by atoms with Gasteiger partial charge in [-0.3, -0.25) is 19.1 Å². The third kappa shape index (κ3) is 5.26. The molecule has 3 aromatic heterocycles. The standard InChI is InChI=1S/C23H14ClF3N6O3/c1-12-4-13(8-28)6-16(5-12)36-19-20(23(25,26)27)30-11-33(22(19)35)10-15-7-17(21(34)32-31-15)18-3-2-14(24)9-29-18/h2-7,9,11H,10H2,1H3,(H,32,34). The van der Waals surface area contributed by atoms with E-state index in [9.17, 15) is 22.8 Å². The number of H-pyrrole nitrogens is 1. The van der Waals surface area contributed by atoms with Gasteiger partial charge in [0, 0.05) is 6.20 Å². The lowest BCUT2D eigenvalue weighted by Crippen LogP contribution is -2.27. The number of aromatic amines is 1. The van der Waals surface area contributed by atoms with Crippen molar-refractivity contribution in [2.24, 2.45) is 0 Å². The average Bonchev–Trinajstić information content (AvgIpc) is 2.82. The van der Waals surface area contributed by atoms with Crippen LogP contribution in [-0.4, -0.2) is 24.7 Å². The molecule has 3 heterocycles. The molecule has 9 nitrogen and oxygen atoms in total. The maximum atomic E-state index is 13.6. The molecule has 4 rings (SSSR count). The van der Waals surface area contributed by atoms with Gasteiger partial charge < -0.3 is 4.74 Å². The molecule has 0 aliphatic rings. The monoisotopic (exact) mass is 514 g/mol. The van der Waals surface area contributed by atoms with Gasteiger partial charge in [-0.15, -0.1) is 0 Å². The van der Waals surface area contributed by atoms with Gasteiger partial charge in [0.1, 0.15) is 5.75 Å². The van der Waals surface area contributed by atoms with Gasteiger partial charge in [-0.25, -0.2) is 10.1 Å². The molecule has 182 valence electrons. The molecule has 36 heavy (non-hydrogen) atoms. The van der Waals surface area contributed by atoms with E-state index in [4.69, 9.17) is 21.6 Å². The second-order valence-corrected chi connectivity index (χ2v) is 8.00. The van der Waals surface area contributed by atoms with Gasteiger partial charge in [0.05, 0.1) is 46.5 Å². The summed E-state index contributed by atoms with van der Waals surface area (Å²) in [4.78, 5) is 32.7. The Kier molecular flexibility index (Phi) is 6.59. The normalized spacial score (nSPS) is 11.2. The maximum absolute atomic E-state index is 13.6. The summed E-state index contributed by atoms with van der Waals surface area (Å²) in [5.74, 6) is -1.20. The summed E-state index contributed by atoms with van der Waals surface area (Å²) >= 11 is 5.82. The van der Waals surface area contributed by atoms with Crippen LogP contribution in [0.5, 0.6) is 11.5 Å². The molecule has 0 bridgehead atoms. The lowest BCUT2D eigenvalue weighted by Gasteiger charge is -2.15. The van der Waals surface area contributed by atoms with Gasteiger partial charge in [0.25, 0.3) is 11.1 Å². The molecule has 4 aromatic rings. The van der Waals surface area contributed by atoms with Crippen LogP contribution in [0.25, 0.3) is 11.3 Å². The molecule has 0 spiro atoms. The fourth-order valence-electron chi connectivity index (χ4n) is 3.29. The van der Waals surface area contributed by atoms with Crippen LogP contribution in [0.1, 0.15) is 22.5 Å². The fourth-order valence-corrected chi connectivity index (χ4v) is 3.41. The Morgan fingerprint density at radius 3 is 2.61 bits per heavy atom. The van der Waals surface area contributed by atoms with Crippen molar-refractivity contribution in [1.29, 1.82) is 5.26 Å². The number of rotatable bonds is 5. The lowest BCUT2D eigenvalue weighted by atomic mass is 10.1. The van der Waals surface area contributed by atoms with Gasteiger partial charge in [0.2, 0.25) is 5.75 Å². The third-order valence-electron chi connectivity index (χ3n) is 4.86. The Bertz CT molecular complexity index is 1610. The zero-order valence-corrected chi connectivity index (χ0v) is 19.1. The Morgan fingerprint density at radius 2 is 1.94 bits per heavy atom. The minimum Gasteiger partial charge on any atom is -0.449 e. The number of alkyl halides is 3. The highest BCUT2D eigenvalue weighted by Gasteiger charge is 2.38. The van der Waals surface area contributed by atoms with Crippen LogP contribution in [0.3, 0.4) is 0 Å². The smallest absolute Gasteiger partial charge is 0.437 e. The number of hydrogen-bond donors (Lipinski definition) is 1. The first-order chi connectivity index (χ1) is 17.0. The van der Waals surface area contributed by atoms with Gasteiger partial charge in [-0.2, -0.15) is 23.5 Å². The van der Waals surface area contributed by atoms with Gasteiger partial charge in [-0.1, -0.05) is 11.6 Å². The molecule has 0 atom stereocenters. The molecule has 1 N–H and O–H groups in total. The molecule has 0 amide bonds. The summed E-state index contributed by atoms with van der Waals surface area (Å²) < 4.78 is 47.0. The molecule has 0 unspecified atom stereocenters. The number of aryl methyl sites for hydroxylation is 1. The number of halogens is 4. The van der Waals surface area contributed by atoms with E-state index in [0.29, 0.717) is 16.9 Å². The zero-order chi connectivity index (χ0) is 26.0. The number of nitriles is 1. The van der Waals surface area contributed by atoms with Crippen molar-refractivity contribution in [2.75, 3.05) is 0 Å². The molecule has 1 aromatic carbocycles. The Morgan fingerprint density at radius 1 is 1.17 bits per heavy atom. The molecule has 0 fully saturated rings. The fraction of sp³-hybridized carbons (Fsp3) is 0.130. The zero-order valence-electron chi connectivity index (χ0n) is 18.3. The largest absolute Gasteiger partial charge is 0.449 e. The van der Waals surface area contributed by atoms with Crippen LogP contribution in [0, 0.1) is 18.3 Å². The van der Waals surface area contributed by atoms with Crippen LogP contribution in [0.15, 0.2) is 58.5 Å². The van der Waals surface area contributed by atoms with Crippen LogP contribution < -0.4 is 15.9 Å². The maximum Gasteiger partial charge on any atom is 0.437 e. The second-order valence-electron chi connectivity index (χ2n) is 7.57. The number of ether oxygens (including phenoxy) is 1. The van der Waals surface area contributed by atoms with Crippen LogP contribution in [-0.2, 0) is 12.7 Å². The molecule has 0 saturated carbocycles. The molecule has 13 heteroatoms. The van der Waals surface area contributed by atoms with E-state index in [1.807, 2.05) is 6.07 Å². The molecular weight excluding hydrogens is 501 g/mol. The lowest BCUT2D eigenvalue weighted by molar-refractivity contribution is -0.142. The predicted octanol–water partition coefficient (Wildman–Crippen LogP) is 4.08. The van der Waals surface area contributed by atoms with Crippen LogP contribution in [0.2, 0.25) is 5.02 Å². The van der Waals surface area contributed by atoms with Crippen molar-refractivity contribution < 1.29 is 17.9 Å². The van der Waals surface area contributed by atoms with Crippen molar-refractivity contribution in [3.63, 3.8) is 0 Å². The first-order valence-electron chi connectivity index (χ1n) is 10.1. The highest BCUT2D eigenvalue weighted by Crippen LogP contribution is 2.34. The van der Waals surface area contributed by atoms with Crippen molar-refractivity contribution in [2.45, 2.75) is 19.6 Å². The summed E-state index contributed by atoms with van der Waals surface area (Å²) in [7, 11) is 0. The number of hydrogen-bond acceptors (Lipinski definition) is 7. The first-order valence-corrected chi connectivity index (χ1v) is 10.5. The Labute approximate surface area is 205 Å². The van der Waals surface area contributed by atoms with E-state index in [2.05, 4.69) is 20.2 Å².